The minimum atomic E-state index is -5.08. The molecule has 1 spiro atoms. The number of carbonyl (C=O) groups excluding carboxylic acids is 1. The molecule has 3 fully saturated rings. The average Bonchev–Trinajstić information content (AvgIpc) is 3.66. The number of piperazine rings is 1. The lowest BCUT2D eigenvalue weighted by Gasteiger charge is -2.38. The highest BCUT2D eigenvalue weighted by atomic mass is 35.5. The molecule has 3 N–H and O–H groups in total. The van der Waals surface area contributed by atoms with Gasteiger partial charge in [-0.05, 0) is 96.8 Å². The Morgan fingerprint density at radius 3 is 2.06 bits per heavy atom. The zero-order chi connectivity index (χ0) is 38.9. The topological polar surface area (TPSA) is 125 Å². The molecule has 2 saturated carbocycles. The molecule has 288 valence electrons. The van der Waals surface area contributed by atoms with E-state index in [-0.39, 0.29) is 29.6 Å². The standard InChI is InChI=1S/C36H36ClF2N3O4S.C2HF3O2/c37-29-13-7-25(8-14-29)24-5-11-28(12-6-24)36(38,39)33(34(43)42-20-19-40-35(23-42)17-18-35)41-47(44,45)32-16-10-26-21-31(15-9-27(26)22-32)46-30-3-1-2-4-30;3-2(4,5)1(6)7/h5-16,21-22,30,33,40-41H,1-4,17-20,23H2;(H,6,7)/t33-;/m1./s1. The van der Waals surface area contributed by atoms with Crippen LogP contribution in [0.15, 0.2) is 89.8 Å². The molecule has 4 aromatic carbocycles. The number of nitrogens with one attached hydrogen (secondary N) is 2. The van der Waals surface area contributed by atoms with Crippen molar-refractivity contribution in [3.63, 3.8) is 0 Å². The fraction of sp³-hybridized carbons (Fsp3) is 0.368. The van der Waals surface area contributed by atoms with Gasteiger partial charge < -0.3 is 20.1 Å². The second kappa shape index (κ2) is 15.4. The van der Waals surface area contributed by atoms with Gasteiger partial charge in [-0.2, -0.15) is 26.7 Å². The number of rotatable bonds is 9. The van der Waals surface area contributed by atoms with Crippen molar-refractivity contribution in [1.82, 2.24) is 14.9 Å². The smallest absolute Gasteiger partial charge is 0.490 e. The SMILES string of the molecule is O=C(O)C(F)(F)F.O=C([C@@H](NS(=O)(=O)c1ccc2cc(OC3CCCC3)ccc2c1)C(F)(F)c1ccc(-c2ccc(Cl)cc2)cc1)N1CCNC2(CC2)C1. The number of carboxylic acid groups (broad SMARTS) is 1. The van der Waals surface area contributed by atoms with Crippen molar-refractivity contribution in [2.45, 2.75) is 73.2 Å². The van der Waals surface area contributed by atoms with Crippen LogP contribution >= 0.6 is 11.6 Å². The lowest BCUT2D eigenvalue weighted by Crippen LogP contribution is -2.61. The molecule has 4 aromatic rings. The van der Waals surface area contributed by atoms with Crippen LogP contribution in [0.3, 0.4) is 0 Å². The quantitative estimate of drug-likeness (QED) is 0.150. The lowest BCUT2D eigenvalue weighted by atomic mass is 9.97. The third kappa shape index (κ3) is 9.13. The molecule has 1 atom stereocenters. The first-order valence-corrected chi connectivity index (χ1v) is 19.1. The fourth-order valence-corrected chi connectivity index (χ4v) is 8.00. The summed E-state index contributed by atoms with van der Waals surface area (Å²) in [7, 11) is -4.56. The summed E-state index contributed by atoms with van der Waals surface area (Å²) in [5.41, 5.74) is 0.698. The summed E-state index contributed by atoms with van der Waals surface area (Å²) in [5.74, 6) is -6.88. The molecule has 1 heterocycles. The number of aliphatic carboxylic acids is 1. The number of carboxylic acids is 1. The number of alkyl halides is 5. The van der Waals surface area contributed by atoms with Crippen LogP contribution in [-0.2, 0) is 25.5 Å². The largest absolute Gasteiger partial charge is 0.490 e. The molecule has 1 amide bonds. The Kier molecular flexibility index (Phi) is 11.3. The average molecular weight is 794 g/mol. The maximum atomic E-state index is 16.5. The van der Waals surface area contributed by atoms with Crippen molar-refractivity contribution >= 4 is 44.3 Å². The van der Waals surface area contributed by atoms with E-state index < -0.39 is 45.6 Å². The van der Waals surface area contributed by atoms with E-state index in [9.17, 15) is 26.4 Å². The van der Waals surface area contributed by atoms with Gasteiger partial charge in [0.05, 0.1) is 11.0 Å². The zero-order valence-electron chi connectivity index (χ0n) is 28.7. The summed E-state index contributed by atoms with van der Waals surface area (Å²) in [6.45, 7) is 0.895. The Balaban J connectivity index is 0.000000649. The summed E-state index contributed by atoms with van der Waals surface area (Å²) >= 11 is 5.99. The molecule has 16 heteroatoms. The third-order valence-corrected chi connectivity index (χ3v) is 11.5. The first-order valence-electron chi connectivity index (χ1n) is 17.3. The van der Waals surface area contributed by atoms with E-state index in [4.69, 9.17) is 26.2 Å². The minimum Gasteiger partial charge on any atom is -0.490 e. The summed E-state index contributed by atoms with van der Waals surface area (Å²) in [6, 6.07) is 20.0. The van der Waals surface area contributed by atoms with Gasteiger partial charge in [0, 0.05) is 35.8 Å². The molecule has 1 saturated heterocycles. The normalized spacial score (nSPS) is 17.9. The third-order valence-electron chi connectivity index (χ3n) is 9.81. The van der Waals surface area contributed by atoms with Crippen LogP contribution in [0.25, 0.3) is 21.9 Å². The summed E-state index contributed by atoms with van der Waals surface area (Å²) in [6.07, 6.45) is 1.05. The number of sulfonamides is 1. The van der Waals surface area contributed by atoms with Crippen LogP contribution in [0, 0.1) is 0 Å². The van der Waals surface area contributed by atoms with Crippen molar-refractivity contribution in [3.05, 3.63) is 95.5 Å². The van der Waals surface area contributed by atoms with Crippen molar-refractivity contribution in [1.29, 1.82) is 0 Å². The van der Waals surface area contributed by atoms with Gasteiger partial charge in [0.2, 0.25) is 15.9 Å². The number of amides is 1. The van der Waals surface area contributed by atoms with Gasteiger partial charge in [-0.25, -0.2) is 13.2 Å². The van der Waals surface area contributed by atoms with Crippen LogP contribution in [-0.4, -0.2) is 73.8 Å². The van der Waals surface area contributed by atoms with Gasteiger partial charge in [-0.3, -0.25) is 4.79 Å². The first kappa shape index (κ1) is 39.4. The van der Waals surface area contributed by atoms with Crippen molar-refractivity contribution in [2.75, 3.05) is 19.6 Å². The molecule has 0 bridgehead atoms. The van der Waals surface area contributed by atoms with Crippen molar-refractivity contribution in [3.8, 4) is 16.9 Å². The number of ether oxygens (including phenoxy) is 1. The predicted octanol–water partition coefficient (Wildman–Crippen LogP) is 7.52. The maximum Gasteiger partial charge on any atom is 0.490 e. The molecule has 0 unspecified atom stereocenters. The number of fused-ring (bicyclic) bond motifs is 1. The summed E-state index contributed by atoms with van der Waals surface area (Å²) in [5, 5.41) is 12.4. The van der Waals surface area contributed by atoms with Crippen LogP contribution in [0.5, 0.6) is 5.75 Å². The molecule has 7 rings (SSSR count). The van der Waals surface area contributed by atoms with Gasteiger partial charge in [-0.15, -0.1) is 0 Å². The van der Waals surface area contributed by atoms with E-state index in [1.54, 1.807) is 42.5 Å². The number of hydrogen-bond donors (Lipinski definition) is 3. The van der Waals surface area contributed by atoms with Gasteiger partial charge in [0.1, 0.15) is 5.75 Å². The Hall–Kier alpha value is -4.31. The molecular weight excluding hydrogens is 757 g/mol. The monoisotopic (exact) mass is 793 g/mol. The maximum absolute atomic E-state index is 16.5. The lowest BCUT2D eigenvalue weighted by molar-refractivity contribution is -0.192. The molecule has 0 radical (unpaired) electrons. The van der Waals surface area contributed by atoms with E-state index in [1.807, 2.05) is 6.07 Å². The zero-order valence-corrected chi connectivity index (χ0v) is 30.3. The Labute approximate surface area is 313 Å². The Morgan fingerprint density at radius 1 is 0.889 bits per heavy atom. The van der Waals surface area contributed by atoms with E-state index >= 15 is 8.78 Å². The number of hydrogen-bond acceptors (Lipinski definition) is 6. The van der Waals surface area contributed by atoms with E-state index in [0.717, 1.165) is 49.5 Å². The fourth-order valence-electron chi connectivity index (χ4n) is 6.65. The van der Waals surface area contributed by atoms with E-state index in [1.165, 1.54) is 41.3 Å². The molecule has 0 aromatic heterocycles. The Bertz CT molecular complexity index is 2110. The molecule has 54 heavy (non-hydrogen) atoms. The predicted molar refractivity (Wildman–Crippen MR) is 192 cm³/mol. The molecule has 1 aliphatic heterocycles. The Morgan fingerprint density at radius 2 is 1.46 bits per heavy atom. The van der Waals surface area contributed by atoms with Gasteiger partial charge in [0.15, 0.2) is 6.04 Å². The highest BCUT2D eigenvalue weighted by Crippen LogP contribution is 2.40. The number of nitrogens with zero attached hydrogens (tertiary/aromatic N) is 1. The van der Waals surface area contributed by atoms with Crippen LogP contribution < -0.4 is 14.8 Å². The highest BCUT2D eigenvalue weighted by molar-refractivity contribution is 7.89. The highest BCUT2D eigenvalue weighted by Gasteiger charge is 2.53. The van der Waals surface area contributed by atoms with Crippen molar-refractivity contribution in [2.24, 2.45) is 0 Å². The second-order valence-electron chi connectivity index (χ2n) is 13.7. The van der Waals surface area contributed by atoms with Crippen LogP contribution in [0.4, 0.5) is 22.0 Å². The van der Waals surface area contributed by atoms with Crippen molar-refractivity contribution < 1.29 is 49.8 Å². The molecule has 3 aliphatic rings. The van der Waals surface area contributed by atoms with Gasteiger partial charge in [0.25, 0.3) is 5.92 Å². The summed E-state index contributed by atoms with van der Waals surface area (Å²) < 4.78 is 101. The molecule has 2 aliphatic carbocycles. The minimum absolute atomic E-state index is 0.173. The van der Waals surface area contributed by atoms with Gasteiger partial charge >= 0.3 is 12.1 Å². The molecular formula is C38H37ClF5N3O6S. The number of halogens is 6. The van der Waals surface area contributed by atoms with E-state index in [2.05, 4.69) is 10.0 Å². The number of benzene rings is 4. The first-order chi connectivity index (χ1) is 25.5. The summed E-state index contributed by atoms with van der Waals surface area (Å²) in [4.78, 5) is 24.0. The molecule has 9 nitrogen and oxygen atoms in total. The van der Waals surface area contributed by atoms with E-state index in [0.29, 0.717) is 28.3 Å². The van der Waals surface area contributed by atoms with Crippen LogP contribution in [0.2, 0.25) is 5.02 Å². The number of carbonyl (C=O) groups is 2. The van der Waals surface area contributed by atoms with Gasteiger partial charge in [-0.1, -0.05) is 60.1 Å². The second-order valence-corrected chi connectivity index (χ2v) is 15.9. The van der Waals surface area contributed by atoms with Crippen LogP contribution in [0.1, 0.15) is 44.1 Å².